The SMILES string of the molecule is CCOC(=O)Cn1c(=NC(=O)c2c(OC)cccc2OC)sc2cc(S(N)(=O)=O)ccc21. The van der Waals surface area contributed by atoms with E-state index in [2.05, 4.69) is 4.99 Å². The number of esters is 1. The van der Waals surface area contributed by atoms with E-state index in [4.69, 9.17) is 19.3 Å². The molecule has 3 rings (SSSR count). The van der Waals surface area contributed by atoms with Gasteiger partial charge in [-0.2, -0.15) is 4.99 Å². The van der Waals surface area contributed by atoms with E-state index in [1.54, 1.807) is 25.1 Å². The van der Waals surface area contributed by atoms with E-state index >= 15 is 0 Å². The molecule has 3 aromatic rings. The number of carbonyl (C=O) groups excluding carboxylic acids is 2. The highest BCUT2D eigenvalue weighted by Crippen LogP contribution is 2.29. The summed E-state index contributed by atoms with van der Waals surface area (Å²) in [4.78, 5) is 29.5. The quantitative estimate of drug-likeness (QED) is 0.509. The first-order valence-corrected chi connectivity index (χ1v) is 11.7. The lowest BCUT2D eigenvalue weighted by atomic mass is 10.1. The third-order valence-corrected chi connectivity index (χ3v) is 6.37. The monoisotopic (exact) mass is 479 g/mol. The summed E-state index contributed by atoms with van der Waals surface area (Å²) in [6.45, 7) is 1.63. The lowest BCUT2D eigenvalue weighted by Crippen LogP contribution is -2.23. The summed E-state index contributed by atoms with van der Waals surface area (Å²) in [7, 11) is -1.10. The molecule has 0 saturated heterocycles. The minimum Gasteiger partial charge on any atom is -0.496 e. The number of primary sulfonamides is 1. The van der Waals surface area contributed by atoms with E-state index < -0.39 is 21.9 Å². The molecule has 0 aliphatic carbocycles. The molecule has 0 aliphatic rings. The second-order valence-electron chi connectivity index (χ2n) is 6.40. The van der Waals surface area contributed by atoms with Crippen LogP contribution < -0.4 is 19.4 Å². The molecule has 0 spiro atoms. The molecule has 0 atom stereocenters. The number of sulfonamides is 1. The average molecular weight is 480 g/mol. The first-order valence-electron chi connectivity index (χ1n) is 9.31. The van der Waals surface area contributed by atoms with Crippen molar-refractivity contribution in [1.29, 1.82) is 0 Å². The van der Waals surface area contributed by atoms with Crippen molar-refractivity contribution in [3.8, 4) is 11.5 Å². The highest BCUT2D eigenvalue weighted by molar-refractivity contribution is 7.89. The third-order valence-electron chi connectivity index (χ3n) is 4.41. The predicted molar refractivity (Wildman–Crippen MR) is 117 cm³/mol. The smallest absolute Gasteiger partial charge is 0.326 e. The van der Waals surface area contributed by atoms with Crippen LogP contribution in [0.4, 0.5) is 0 Å². The molecule has 0 unspecified atom stereocenters. The Morgan fingerprint density at radius 2 is 1.78 bits per heavy atom. The van der Waals surface area contributed by atoms with E-state index in [0.717, 1.165) is 11.3 Å². The molecule has 1 aromatic heterocycles. The van der Waals surface area contributed by atoms with Crippen LogP contribution in [0.15, 0.2) is 46.3 Å². The lowest BCUT2D eigenvalue weighted by molar-refractivity contribution is -0.143. The van der Waals surface area contributed by atoms with Crippen LogP contribution in [-0.4, -0.2) is 45.7 Å². The van der Waals surface area contributed by atoms with E-state index in [1.807, 2.05) is 0 Å². The number of carbonyl (C=O) groups is 2. The fraction of sp³-hybridized carbons (Fsp3) is 0.250. The molecule has 0 fully saturated rings. The van der Waals surface area contributed by atoms with Crippen molar-refractivity contribution in [2.45, 2.75) is 18.4 Å². The number of benzene rings is 2. The van der Waals surface area contributed by atoms with Crippen LogP contribution in [0.1, 0.15) is 17.3 Å². The molecule has 2 aromatic carbocycles. The summed E-state index contributed by atoms with van der Waals surface area (Å²) in [6.07, 6.45) is 0. The van der Waals surface area contributed by atoms with Crippen LogP contribution in [-0.2, 0) is 26.1 Å². The molecule has 0 bridgehead atoms. The van der Waals surface area contributed by atoms with Crippen LogP contribution in [0.3, 0.4) is 0 Å². The van der Waals surface area contributed by atoms with Crippen LogP contribution >= 0.6 is 11.3 Å². The first kappa shape index (κ1) is 23.4. The van der Waals surface area contributed by atoms with Crippen molar-refractivity contribution in [2.75, 3.05) is 20.8 Å². The number of hydrogen-bond acceptors (Lipinski definition) is 8. The zero-order valence-corrected chi connectivity index (χ0v) is 19.2. The molecule has 0 radical (unpaired) electrons. The summed E-state index contributed by atoms with van der Waals surface area (Å²) in [5, 5.41) is 5.22. The molecular formula is C20H21N3O7S2. The number of nitrogens with two attached hydrogens (primary N) is 1. The van der Waals surface area contributed by atoms with Gasteiger partial charge in [-0.1, -0.05) is 17.4 Å². The van der Waals surface area contributed by atoms with E-state index in [9.17, 15) is 18.0 Å². The number of rotatable bonds is 7. The maximum absolute atomic E-state index is 13.1. The van der Waals surface area contributed by atoms with Gasteiger partial charge in [-0.25, -0.2) is 13.6 Å². The summed E-state index contributed by atoms with van der Waals surface area (Å²) >= 11 is 1.03. The number of methoxy groups -OCH3 is 2. The van der Waals surface area contributed by atoms with Crippen LogP contribution in [0.25, 0.3) is 10.2 Å². The Bertz CT molecular complexity index is 1340. The van der Waals surface area contributed by atoms with Crippen LogP contribution in [0.5, 0.6) is 11.5 Å². The summed E-state index contributed by atoms with van der Waals surface area (Å²) < 4.78 is 41.0. The Labute approximate surface area is 187 Å². The van der Waals surface area contributed by atoms with Crippen molar-refractivity contribution >= 4 is 43.5 Å². The zero-order valence-electron chi connectivity index (χ0n) is 17.5. The number of hydrogen-bond donors (Lipinski definition) is 1. The molecule has 10 nitrogen and oxygen atoms in total. The second-order valence-corrected chi connectivity index (χ2v) is 8.98. The van der Waals surface area contributed by atoms with Gasteiger partial charge in [-0.05, 0) is 37.3 Å². The maximum Gasteiger partial charge on any atom is 0.326 e. The van der Waals surface area contributed by atoms with Gasteiger partial charge in [0.05, 0.1) is 35.9 Å². The third kappa shape index (κ3) is 4.82. The summed E-state index contributed by atoms with van der Waals surface area (Å²) in [5.41, 5.74) is 0.608. The number of fused-ring (bicyclic) bond motifs is 1. The Morgan fingerprint density at radius 3 is 2.34 bits per heavy atom. The molecule has 0 saturated carbocycles. The summed E-state index contributed by atoms with van der Waals surface area (Å²) in [5.74, 6) is -0.651. The first-order chi connectivity index (χ1) is 15.2. The van der Waals surface area contributed by atoms with Crippen molar-refractivity contribution in [3.63, 3.8) is 0 Å². The second kappa shape index (κ2) is 9.51. The van der Waals surface area contributed by atoms with Gasteiger partial charge in [-0.15, -0.1) is 0 Å². The summed E-state index contributed by atoms with van der Waals surface area (Å²) in [6, 6.07) is 9.05. The van der Waals surface area contributed by atoms with Gasteiger partial charge in [0.1, 0.15) is 23.6 Å². The fourth-order valence-corrected chi connectivity index (χ4v) is 4.69. The van der Waals surface area contributed by atoms with Gasteiger partial charge in [0.2, 0.25) is 10.0 Å². The minimum atomic E-state index is -3.94. The van der Waals surface area contributed by atoms with Crippen LogP contribution in [0, 0.1) is 0 Å². The zero-order chi connectivity index (χ0) is 23.5. The van der Waals surface area contributed by atoms with Crippen LogP contribution in [0.2, 0.25) is 0 Å². The normalized spacial score (nSPS) is 12.1. The van der Waals surface area contributed by atoms with E-state index in [1.165, 1.54) is 37.0 Å². The largest absolute Gasteiger partial charge is 0.496 e. The maximum atomic E-state index is 13.1. The van der Waals surface area contributed by atoms with Gasteiger partial charge >= 0.3 is 5.97 Å². The number of ether oxygens (including phenoxy) is 3. The Kier molecular flexibility index (Phi) is 6.96. The minimum absolute atomic E-state index is 0.0983. The predicted octanol–water partition coefficient (Wildman–Crippen LogP) is 1.67. The van der Waals surface area contributed by atoms with Gasteiger partial charge in [0.25, 0.3) is 5.91 Å². The molecule has 1 heterocycles. The highest BCUT2D eigenvalue weighted by Gasteiger charge is 2.20. The molecule has 170 valence electrons. The standard InChI is InChI=1S/C20H21N3O7S2/c1-4-30-17(24)11-23-13-9-8-12(32(21,26)27)10-16(13)31-20(23)22-19(25)18-14(28-2)6-5-7-15(18)29-3/h5-10H,4,11H2,1-3H3,(H2,21,26,27). The van der Waals surface area contributed by atoms with Gasteiger partial charge < -0.3 is 18.8 Å². The van der Waals surface area contributed by atoms with Gasteiger partial charge in [-0.3, -0.25) is 9.59 Å². The molecule has 12 heteroatoms. The van der Waals surface area contributed by atoms with E-state index in [-0.39, 0.29) is 39.9 Å². The van der Waals surface area contributed by atoms with Gasteiger partial charge in [0, 0.05) is 0 Å². The fourth-order valence-electron chi connectivity index (χ4n) is 3.01. The molecular weight excluding hydrogens is 458 g/mol. The van der Waals surface area contributed by atoms with Crippen molar-refractivity contribution in [1.82, 2.24) is 4.57 Å². The Balaban J connectivity index is 2.23. The molecule has 2 N–H and O–H groups in total. The van der Waals surface area contributed by atoms with E-state index in [0.29, 0.717) is 10.2 Å². The number of thiazole rings is 1. The van der Waals surface area contributed by atoms with Crippen molar-refractivity contribution in [3.05, 3.63) is 46.8 Å². The number of nitrogens with zero attached hydrogens (tertiary/aromatic N) is 2. The molecule has 1 amide bonds. The number of amides is 1. The average Bonchev–Trinajstić information content (AvgIpc) is 3.08. The Hall–Kier alpha value is -3.22. The van der Waals surface area contributed by atoms with Crippen molar-refractivity contribution in [2.24, 2.45) is 10.1 Å². The Morgan fingerprint density at radius 1 is 1.12 bits per heavy atom. The highest BCUT2D eigenvalue weighted by atomic mass is 32.2. The lowest BCUT2D eigenvalue weighted by Gasteiger charge is -2.10. The molecule has 32 heavy (non-hydrogen) atoms. The van der Waals surface area contributed by atoms with Crippen molar-refractivity contribution < 1.29 is 32.2 Å². The topological polar surface area (TPSA) is 139 Å². The molecule has 0 aliphatic heterocycles. The van der Waals surface area contributed by atoms with Gasteiger partial charge in [0.15, 0.2) is 4.80 Å². The number of aromatic nitrogens is 1.